The molecule has 100 valence electrons. The van der Waals surface area contributed by atoms with Crippen LogP contribution in [0.3, 0.4) is 0 Å². The van der Waals surface area contributed by atoms with Gasteiger partial charge in [0.1, 0.15) is 0 Å². The number of methoxy groups -OCH3 is 1. The molecule has 1 amide bonds. The molecule has 2 rings (SSSR count). The van der Waals surface area contributed by atoms with Gasteiger partial charge in [0.15, 0.2) is 0 Å². The van der Waals surface area contributed by atoms with Gasteiger partial charge in [-0.2, -0.15) is 0 Å². The maximum atomic E-state index is 11.3. The van der Waals surface area contributed by atoms with Gasteiger partial charge < -0.3 is 9.64 Å². The lowest BCUT2D eigenvalue weighted by Gasteiger charge is -2.26. The number of rotatable bonds is 3. The first kappa shape index (κ1) is 13.2. The minimum absolute atomic E-state index is 0.427. The van der Waals surface area contributed by atoms with Crippen molar-refractivity contribution in [1.82, 2.24) is 10.2 Å². The number of nitrogens with zero attached hydrogens (tertiary/aromatic N) is 1. The van der Waals surface area contributed by atoms with Crippen molar-refractivity contribution >= 4 is 6.09 Å². The third-order valence-corrected chi connectivity index (χ3v) is 3.04. The Hall–Kier alpha value is -2.23. The Bertz CT molecular complexity index is 506. The van der Waals surface area contributed by atoms with E-state index < -0.39 is 6.09 Å². The number of ether oxygens (including phenoxy) is 1. The molecule has 1 N–H and O–H groups in total. The summed E-state index contributed by atoms with van der Waals surface area (Å²) in [6, 6.07) is 10.2. The van der Waals surface area contributed by atoms with Gasteiger partial charge in [-0.15, -0.1) is 0 Å². The second-order valence-electron chi connectivity index (χ2n) is 4.48. The van der Waals surface area contributed by atoms with E-state index in [4.69, 9.17) is 0 Å². The molecule has 0 radical (unpaired) electrons. The van der Waals surface area contributed by atoms with E-state index in [0.29, 0.717) is 6.54 Å². The van der Waals surface area contributed by atoms with E-state index in [0.717, 1.165) is 17.8 Å². The van der Waals surface area contributed by atoms with Gasteiger partial charge in [-0.25, -0.2) is 4.79 Å². The molecular formula is C15H18N2O2. The summed E-state index contributed by atoms with van der Waals surface area (Å²) in [6.07, 6.45) is 3.62. The molecule has 4 nitrogen and oxygen atoms in total. The molecule has 0 atom stereocenters. The minimum Gasteiger partial charge on any atom is -0.453 e. The summed E-state index contributed by atoms with van der Waals surface area (Å²) in [7, 11) is 1.37. The summed E-state index contributed by atoms with van der Waals surface area (Å²) in [5.74, 6) is 0. The zero-order valence-corrected chi connectivity index (χ0v) is 11.2. The molecule has 0 saturated heterocycles. The molecule has 1 aliphatic heterocycles. The molecule has 0 bridgehead atoms. The van der Waals surface area contributed by atoms with Crippen LogP contribution >= 0.6 is 0 Å². The topological polar surface area (TPSA) is 41.6 Å². The second kappa shape index (κ2) is 6.09. The number of benzene rings is 1. The first-order valence-electron chi connectivity index (χ1n) is 6.20. The summed E-state index contributed by atoms with van der Waals surface area (Å²) in [4.78, 5) is 13.4. The van der Waals surface area contributed by atoms with E-state index in [2.05, 4.69) is 27.1 Å². The van der Waals surface area contributed by atoms with Crippen molar-refractivity contribution in [3.05, 3.63) is 59.4 Å². The van der Waals surface area contributed by atoms with Crippen LogP contribution in [-0.2, 0) is 11.3 Å². The summed E-state index contributed by atoms with van der Waals surface area (Å²) in [5, 5.41) is 2.76. The maximum absolute atomic E-state index is 11.3. The Labute approximate surface area is 113 Å². The third-order valence-electron chi connectivity index (χ3n) is 3.04. The molecule has 1 aliphatic rings. The number of carbonyl (C=O) groups is 1. The fraction of sp³-hybridized carbons (Fsp3) is 0.267. The predicted molar refractivity (Wildman–Crippen MR) is 74.2 cm³/mol. The lowest BCUT2D eigenvalue weighted by Crippen LogP contribution is -2.33. The van der Waals surface area contributed by atoms with Crippen LogP contribution in [0.2, 0.25) is 0 Å². The number of hydrogen-bond donors (Lipinski definition) is 1. The Balaban J connectivity index is 2.01. The molecular weight excluding hydrogens is 240 g/mol. The summed E-state index contributed by atoms with van der Waals surface area (Å²) < 4.78 is 4.63. The zero-order chi connectivity index (χ0) is 13.7. The fourth-order valence-electron chi connectivity index (χ4n) is 1.94. The van der Waals surface area contributed by atoms with Crippen LogP contribution in [0.15, 0.2) is 53.9 Å². The Morgan fingerprint density at radius 1 is 1.37 bits per heavy atom. The van der Waals surface area contributed by atoms with Crippen molar-refractivity contribution in [2.24, 2.45) is 0 Å². The van der Waals surface area contributed by atoms with Crippen LogP contribution < -0.4 is 5.32 Å². The minimum atomic E-state index is -0.427. The van der Waals surface area contributed by atoms with E-state index in [1.165, 1.54) is 12.7 Å². The summed E-state index contributed by atoms with van der Waals surface area (Å²) in [6.45, 7) is 3.46. The Kier molecular flexibility index (Phi) is 4.23. The van der Waals surface area contributed by atoms with Crippen LogP contribution in [0.5, 0.6) is 0 Å². The van der Waals surface area contributed by atoms with Crippen LogP contribution in [0, 0.1) is 0 Å². The molecule has 0 unspecified atom stereocenters. The normalized spacial score (nSPS) is 14.5. The average molecular weight is 258 g/mol. The fourth-order valence-corrected chi connectivity index (χ4v) is 1.94. The first-order valence-corrected chi connectivity index (χ1v) is 6.20. The highest BCUT2D eigenvalue weighted by Crippen LogP contribution is 2.15. The predicted octanol–water partition coefficient (Wildman–Crippen LogP) is 2.65. The van der Waals surface area contributed by atoms with Gasteiger partial charge >= 0.3 is 6.09 Å². The van der Waals surface area contributed by atoms with E-state index >= 15 is 0 Å². The number of alkyl carbamates (subject to hydrolysis) is 1. The van der Waals surface area contributed by atoms with Crippen molar-refractivity contribution < 1.29 is 9.53 Å². The molecule has 0 fully saturated rings. The second-order valence-corrected chi connectivity index (χ2v) is 4.48. The van der Waals surface area contributed by atoms with Gasteiger partial charge in [0.2, 0.25) is 0 Å². The molecule has 0 saturated carbocycles. The van der Waals surface area contributed by atoms with Crippen molar-refractivity contribution in [3.8, 4) is 0 Å². The number of amides is 1. The van der Waals surface area contributed by atoms with Gasteiger partial charge in [-0.05, 0) is 24.1 Å². The molecule has 1 aromatic rings. The van der Waals surface area contributed by atoms with Gasteiger partial charge in [0.05, 0.1) is 13.7 Å². The number of hydrogen-bond acceptors (Lipinski definition) is 3. The van der Waals surface area contributed by atoms with Crippen LogP contribution in [0.25, 0.3) is 0 Å². The lowest BCUT2D eigenvalue weighted by molar-refractivity contribution is 0.173. The standard InChI is InChI=1S/C15H18N2O2/c1-12-8-9-17(10-13-6-4-3-5-7-13)11-14(12)16-15(18)19-2/h3-9H,10-11H2,1-2H3,(H,16,18). The smallest absolute Gasteiger partial charge is 0.411 e. The van der Waals surface area contributed by atoms with Gasteiger partial charge in [0, 0.05) is 18.4 Å². The molecule has 19 heavy (non-hydrogen) atoms. The van der Waals surface area contributed by atoms with Crippen LogP contribution in [-0.4, -0.2) is 24.6 Å². The van der Waals surface area contributed by atoms with Gasteiger partial charge in [-0.1, -0.05) is 30.3 Å². The van der Waals surface area contributed by atoms with E-state index in [1.54, 1.807) is 0 Å². The number of carbonyl (C=O) groups excluding carboxylic acids is 1. The third kappa shape index (κ3) is 3.61. The van der Waals surface area contributed by atoms with Crippen molar-refractivity contribution in [3.63, 3.8) is 0 Å². The molecule has 0 aromatic heterocycles. The lowest BCUT2D eigenvalue weighted by atomic mass is 10.1. The SMILES string of the molecule is COC(=O)NC1=C(C)C=CN(Cc2ccccc2)C1. The average Bonchev–Trinajstić information content (AvgIpc) is 2.43. The summed E-state index contributed by atoms with van der Waals surface area (Å²) >= 11 is 0. The van der Waals surface area contributed by atoms with Crippen molar-refractivity contribution in [2.45, 2.75) is 13.5 Å². The number of nitrogens with one attached hydrogen (secondary N) is 1. The Morgan fingerprint density at radius 2 is 2.11 bits per heavy atom. The van der Waals surface area contributed by atoms with E-state index in [-0.39, 0.29) is 0 Å². The van der Waals surface area contributed by atoms with Crippen LogP contribution in [0.1, 0.15) is 12.5 Å². The largest absolute Gasteiger partial charge is 0.453 e. The highest BCUT2D eigenvalue weighted by atomic mass is 16.5. The monoisotopic (exact) mass is 258 g/mol. The maximum Gasteiger partial charge on any atom is 0.411 e. The highest BCUT2D eigenvalue weighted by Gasteiger charge is 2.14. The van der Waals surface area contributed by atoms with E-state index in [1.807, 2.05) is 37.4 Å². The molecule has 1 heterocycles. The van der Waals surface area contributed by atoms with Gasteiger partial charge in [0.25, 0.3) is 0 Å². The zero-order valence-electron chi connectivity index (χ0n) is 11.2. The van der Waals surface area contributed by atoms with Gasteiger partial charge in [-0.3, -0.25) is 5.32 Å². The van der Waals surface area contributed by atoms with Crippen molar-refractivity contribution in [2.75, 3.05) is 13.7 Å². The quantitative estimate of drug-likeness (QED) is 0.906. The number of allylic oxidation sites excluding steroid dienone is 2. The molecule has 0 spiro atoms. The molecule has 0 aliphatic carbocycles. The first-order chi connectivity index (χ1) is 9.19. The molecule has 4 heteroatoms. The van der Waals surface area contributed by atoms with Crippen molar-refractivity contribution in [1.29, 1.82) is 0 Å². The highest BCUT2D eigenvalue weighted by molar-refractivity contribution is 5.69. The Morgan fingerprint density at radius 3 is 2.79 bits per heavy atom. The summed E-state index contributed by atoms with van der Waals surface area (Å²) in [5.41, 5.74) is 3.17. The molecule has 1 aromatic carbocycles. The van der Waals surface area contributed by atoms with Crippen LogP contribution in [0.4, 0.5) is 4.79 Å². The van der Waals surface area contributed by atoms with E-state index in [9.17, 15) is 4.79 Å².